The van der Waals surface area contributed by atoms with Gasteiger partial charge in [-0.2, -0.15) is 0 Å². The minimum absolute atomic E-state index is 0.289. The third-order valence-corrected chi connectivity index (χ3v) is 4.81. The minimum atomic E-state index is -0.289. The molecule has 0 spiro atoms. The smallest absolute Gasteiger partial charge is 0.128 e. The largest absolute Gasteiger partial charge is 0.241 e. The molecular weight excluding hydrogens is 373 g/mol. The molecule has 106 valence electrons. The summed E-state index contributed by atoms with van der Waals surface area (Å²) < 4.78 is 14.8. The number of benzene rings is 2. The molecule has 0 aliphatic rings. The zero-order chi connectivity index (χ0) is 14.8. The Labute approximate surface area is 139 Å². The van der Waals surface area contributed by atoms with Gasteiger partial charge in [0.2, 0.25) is 0 Å². The van der Waals surface area contributed by atoms with E-state index >= 15 is 0 Å². The van der Waals surface area contributed by atoms with E-state index in [0.29, 0.717) is 17.0 Å². The van der Waals surface area contributed by atoms with E-state index in [0.717, 1.165) is 20.7 Å². The average Bonchev–Trinajstić information content (AvgIpc) is 2.92. The van der Waals surface area contributed by atoms with Crippen LogP contribution >= 0.6 is 38.9 Å². The molecule has 3 aromatic rings. The monoisotopic (exact) mass is 381 g/mol. The first-order chi connectivity index (χ1) is 10.1. The molecule has 0 aliphatic carbocycles. The summed E-state index contributed by atoms with van der Waals surface area (Å²) in [7, 11) is 0. The molecule has 1 nitrogen and oxygen atoms in total. The molecule has 0 N–H and O–H groups in total. The van der Waals surface area contributed by atoms with Crippen LogP contribution in [0.25, 0.3) is 11.3 Å². The van der Waals surface area contributed by atoms with Crippen molar-refractivity contribution < 1.29 is 4.39 Å². The van der Waals surface area contributed by atoms with Gasteiger partial charge in [-0.15, -0.1) is 11.3 Å². The molecule has 0 atom stereocenters. The second kappa shape index (κ2) is 6.26. The molecule has 1 heterocycles. The molecule has 0 bridgehead atoms. The molecule has 0 aliphatic heterocycles. The molecule has 2 aromatic carbocycles. The molecule has 0 fully saturated rings. The Kier molecular flexibility index (Phi) is 4.38. The van der Waals surface area contributed by atoms with Gasteiger partial charge in [0.15, 0.2) is 0 Å². The first-order valence-electron chi connectivity index (χ1n) is 6.27. The summed E-state index contributed by atoms with van der Waals surface area (Å²) in [5.74, 6) is -0.289. The van der Waals surface area contributed by atoms with Crippen molar-refractivity contribution in [1.82, 2.24) is 4.98 Å². The van der Waals surface area contributed by atoms with E-state index in [1.54, 1.807) is 12.1 Å². The van der Waals surface area contributed by atoms with Crippen LogP contribution in [0.15, 0.2) is 52.3 Å². The Bertz CT molecular complexity index is 750. The predicted octanol–water partition coefficient (Wildman–Crippen LogP) is 5.96. The minimum Gasteiger partial charge on any atom is -0.241 e. The van der Waals surface area contributed by atoms with Gasteiger partial charge in [0.1, 0.15) is 5.82 Å². The molecule has 0 amide bonds. The Morgan fingerprint density at radius 2 is 1.90 bits per heavy atom. The quantitative estimate of drug-likeness (QED) is 0.545. The Balaban J connectivity index is 1.87. The summed E-state index contributed by atoms with van der Waals surface area (Å²) in [6.45, 7) is 0. The molecule has 3 rings (SSSR count). The van der Waals surface area contributed by atoms with Crippen LogP contribution in [0.4, 0.5) is 4.39 Å². The lowest BCUT2D eigenvalue weighted by molar-refractivity contribution is 0.614. The Hall–Kier alpha value is -1.23. The van der Waals surface area contributed by atoms with Gasteiger partial charge in [-0.3, -0.25) is 0 Å². The highest BCUT2D eigenvalue weighted by atomic mass is 79.9. The number of thiazole rings is 1. The van der Waals surface area contributed by atoms with E-state index in [9.17, 15) is 4.39 Å². The van der Waals surface area contributed by atoms with Gasteiger partial charge in [0.05, 0.1) is 10.7 Å². The van der Waals surface area contributed by atoms with Crippen LogP contribution in [-0.2, 0) is 6.42 Å². The lowest BCUT2D eigenvalue weighted by atomic mass is 10.1. The maximum absolute atomic E-state index is 13.8. The molecular formula is C16H10BrClFNS. The van der Waals surface area contributed by atoms with E-state index in [1.165, 1.54) is 17.4 Å². The maximum atomic E-state index is 13.8. The first-order valence-corrected chi connectivity index (χ1v) is 8.32. The van der Waals surface area contributed by atoms with E-state index < -0.39 is 0 Å². The molecule has 0 saturated carbocycles. The number of halogens is 3. The summed E-state index contributed by atoms with van der Waals surface area (Å²) in [6.07, 6.45) is 0.409. The van der Waals surface area contributed by atoms with Crippen molar-refractivity contribution >= 4 is 38.9 Å². The van der Waals surface area contributed by atoms with Crippen LogP contribution in [0.3, 0.4) is 0 Å². The SMILES string of the molecule is Fc1cccc(Cl)c1Cc1nc(-c2ccc(Br)cc2)cs1. The maximum Gasteiger partial charge on any atom is 0.128 e. The molecule has 0 saturated heterocycles. The normalized spacial score (nSPS) is 10.8. The van der Waals surface area contributed by atoms with Crippen LogP contribution in [0.2, 0.25) is 5.02 Å². The lowest BCUT2D eigenvalue weighted by Crippen LogP contribution is -1.93. The summed E-state index contributed by atoms with van der Waals surface area (Å²) in [4.78, 5) is 4.57. The third-order valence-electron chi connectivity index (χ3n) is 3.08. The Morgan fingerprint density at radius 3 is 2.62 bits per heavy atom. The van der Waals surface area contributed by atoms with Crippen molar-refractivity contribution in [2.24, 2.45) is 0 Å². The second-order valence-corrected chi connectivity index (χ2v) is 6.78. The fourth-order valence-corrected chi connectivity index (χ4v) is 3.31. The van der Waals surface area contributed by atoms with E-state index in [4.69, 9.17) is 11.6 Å². The number of hydrogen-bond donors (Lipinski definition) is 0. The number of hydrogen-bond acceptors (Lipinski definition) is 2. The van der Waals surface area contributed by atoms with Crippen LogP contribution in [0, 0.1) is 5.82 Å². The third kappa shape index (κ3) is 3.34. The van der Waals surface area contributed by atoms with E-state index in [1.807, 2.05) is 29.6 Å². The van der Waals surface area contributed by atoms with Crippen molar-refractivity contribution in [1.29, 1.82) is 0 Å². The van der Waals surface area contributed by atoms with Crippen molar-refractivity contribution in [3.8, 4) is 11.3 Å². The molecule has 0 radical (unpaired) electrons. The predicted molar refractivity (Wildman–Crippen MR) is 89.5 cm³/mol. The molecule has 0 unspecified atom stereocenters. The number of aromatic nitrogens is 1. The second-order valence-electron chi connectivity index (χ2n) is 4.51. The first kappa shape index (κ1) is 14.7. The van der Waals surface area contributed by atoms with E-state index in [-0.39, 0.29) is 5.82 Å². The van der Waals surface area contributed by atoms with Crippen molar-refractivity contribution in [2.75, 3.05) is 0 Å². The van der Waals surface area contributed by atoms with Gasteiger partial charge < -0.3 is 0 Å². The lowest BCUT2D eigenvalue weighted by Gasteiger charge is -2.03. The number of nitrogens with zero attached hydrogens (tertiary/aromatic N) is 1. The standard InChI is InChI=1S/C16H10BrClFNS/c17-11-6-4-10(5-7-11)15-9-21-16(20-15)8-12-13(18)2-1-3-14(12)19/h1-7,9H,8H2. The van der Waals surface area contributed by atoms with Crippen LogP contribution in [-0.4, -0.2) is 4.98 Å². The average molecular weight is 383 g/mol. The van der Waals surface area contributed by atoms with Crippen LogP contribution in [0.1, 0.15) is 10.6 Å². The fourth-order valence-electron chi connectivity index (χ4n) is 2.00. The van der Waals surface area contributed by atoms with Gasteiger partial charge in [-0.1, -0.05) is 45.7 Å². The van der Waals surface area contributed by atoms with Crippen molar-refractivity contribution in [3.05, 3.63) is 73.7 Å². The molecule has 5 heteroatoms. The summed E-state index contributed by atoms with van der Waals surface area (Å²) in [6, 6.07) is 12.7. The van der Waals surface area contributed by atoms with Crippen molar-refractivity contribution in [2.45, 2.75) is 6.42 Å². The van der Waals surface area contributed by atoms with Crippen LogP contribution in [0.5, 0.6) is 0 Å². The van der Waals surface area contributed by atoms with E-state index in [2.05, 4.69) is 20.9 Å². The fraction of sp³-hybridized carbons (Fsp3) is 0.0625. The summed E-state index contributed by atoms with van der Waals surface area (Å²) in [5, 5.41) is 3.27. The van der Waals surface area contributed by atoms with Gasteiger partial charge in [-0.05, 0) is 24.3 Å². The zero-order valence-electron chi connectivity index (χ0n) is 10.8. The van der Waals surface area contributed by atoms with Gasteiger partial charge in [0, 0.05) is 32.4 Å². The highest BCUT2D eigenvalue weighted by Crippen LogP contribution is 2.27. The van der Waals surface area contributed by atoms with Crippen molar-refractivity contribution in [3.63, 3.8) is 0 Å². The van der Waals surface area contributed by atoms with Gasteiger partial charge >= 0.3 is 0 Å². The van der Waals surface area contributed by atoms with Crippen LogP contribution < -0.4 is 0 Å². The van der Waals surface area contributed by atoms with Gasteiger partial charge in [-0.25, -0.2) is 9.37 Å². The highest BCUT2D eigenvalue weighted by molar-refractivity contribution is 9.10. The summed E-state index contributed by atoms with van der Waals surface area (Å²) in [5.41, 5.74) is 2.44. The van der Waals surface area contributed by atoms with Gasteiger partial charge in [0.25, 0.3) is 0 Å². The Morgan fingerprint density at radius 1 is 1.14 bits per heavy atom. The topological polar surface area (TPSA) is 12.9 Å². The highest BCUT2D eigenvalue weighted by Gasteiger charge is 2.11. The zero-order valence-corrected chi connectivity index (χ0v) is 14.0. The molecule has 21 heavy (non-hydrogen) atoms. The summed E-state index contributed by atoms with van der Waals surface area (Å²) >= 11 is 11.0. The molecule has 1 aromatic heterocycles. The number of rotatable bonds is 3.